The van der Waals surface area contributed by atoms with Gasteiger partial charge in [0.2, 0.25) is 0 Å². The first kappa shape index (κ1) is 13.8. The Morgan fingerprint density at radius 1 is 0.591 bits per heavy atom. The van der Waals surface area contributed by atoms with Crippen molar-refractivity contribution >= 4 is 24.1 Å². The Balaban J connectivity index is 1.84. The van der Waals surface area contributed by atoms with Crippen LogP contribution in [0.4, 0.5) is 11.6 Å². The standard InChI is InChI=1S/C18H14N4/c1-2-8-16(14-22-18-10-4-6-12-20-18)15(7-1)13-21-17-9-3-5-11-19-17/h1-14H. The molecule has 4 heteroatoms. The average molecular weight is 286 g/mol. The molecule has 0 N–H and O–H groups in total. The fourth-order valence-corrected chi connectivity index (χ4v) is 1.88. The molecule has 4 nitrogen and oxygen atoms in total. The van der Waals surface area contributed by atoms with Crippen molar-refractivity contribution in [1.29, 1.82) is 0 Å². The lowest BCUT2D eigenvalue weighted by Crippen LogP contribution is -1.91. The topological polar surface area (TPSA) is 50.5 Å². The molecular weight excluding hydrogens is 272 g/mol. The first-order chi connectivity index (χ1) is 10.9. The molecule has 1 aromatic carbocycles. The SMILES string of the molecule is C(=Nc1ccccn1)c1ccccc1C=Nc1ccccn1. The van der Waals surface area contributed by atoms with Crippen molar-refractivity contribution in [3.63, 3.8) is 0 Å². The van der Waals surface area contributed by atoms with Gasteiger partial charge in [-0.3, -0.25) is 0 Å². The van der Waals surface area contributed by atoms with Crippen LogP contribution >= 0.6 is 0 Å². The van der Waals surface area contributed by atoms with Gasteiger partial charge in [-0.25, -0.2) is 20.0 Å². The minimum atomic E-state index is 0.680. The van der Waals surface area contributed by atoms with Crippen LogP contribution in [0.2, 0.25) is 0 Å². The van der Waals surface area contributed by atoms with Crippen LogP contribution in [0.5, 0.6) is 0 Å². The molecule has 3 aromatic rings. The fourth-order valence-electron chi connectivity index (χ4n) is 1.88. The van der Waals surface area contributed by atoms with E-state index in [1.807, 2.05) is 60.7 Å². The maximum absolute atomic E-state index is 4.38. The van der Waals surface area contributed by atoms with Gasteiger partial charge in [-0.05, 0) is 24.3 Å². The number of hydrogen-bond donors (Lipinski definition) is 0. The van der Waals surface area contributed by atoms with Gasteiger partial charge >= 0.3 is 0 Å². The van der Waals surface area contributed by atoms with E-state index in [9.17, 15) is 0 Å². The van der Waals surface area contributed by atoms with E-state index in [0.717, 1.165) is 11.1 Å². The minimum absolute atomic E-state index is 0.680. The lowest BCUT2D eigenvalue weighted by molar-refractivity contribution is 1.28. The summed E-state index contributed by atoms with van der Waals surface area (Å²) < 4.78 is 0. The summed E-state index contributed by atoms with van der Waals surface area (Å²) in [5, 5.41) is 0. The van der Waals surface area contributed by atoms with Crippen molar-refractivity contribution in [2.24, 2.45) is 9.98 Å². The Kier molecular flexibility index (Phi) is 4.42. The molecular formula is C18H14N4. The molecule has 0 aliphatic heterocycles. The summed E-state index contributed by atoms with van der Waals surface area (Å²) >= 11 is 0. The molecule has 106 valence electrons. The van der Waals surface area contributed by atoms with Gasteiger partial charge in [0, 0.05) is 35.9 Å². The van der Waals surface area contributed by atoms with Crippen LogP contribution in [-0.2, 0) is 0 Å². The van der Waals surface area contributed by atoms with Crippen molar-refractivity contribution in [1.82, 2.24) is 9.97 Å². The molecule has 3 rings (SSSR count). The van der Waals surface area contributed by atoms with E-state index in [2.05, 4.69) is 20.0 Å². The Labute approximate surface area is 129 Å². The number of nitrogens with zero attached hydrogens (tertiary/aromatic N) is 4. The molecule has 0 amide bonds. The third kappa shape index (κ3) is 3.70. The Hall–Kier alpha value is -3.14. The van der Waals surface area contributed by atoms with Crippen molar-refractivity contribution in [2.75, 3.05) is 0 Å². The second-order valence-electron chi connectivity index (χ2n) is 4.52. The van der Waals surface area contributed by atoms with Crippen molar-refractivity contribution in [3.8, 4) is 0 Å². The van der Waals surface area contributed by atoms with Crippen LogP contribution in [0, 0.1) is 0 Å². The number of aromatic nitrogens is 2. The van der Waals surface area contributed by atoms with E-state index in [4.69, 9.17) is 0 Å². The van der Waals surface area contributed by atoms with Crippen LogP contribution < -0.4 is 0 Å². The molecule has 22 heavy (non-hydrogen) atoms. The second kappa shape index (κ2) is 7.04. The van der Waals surface area contributed by atoms with Gasteiger partial charge in [0.05, 0.1) is 0 Å². The number of hydrogen-bond acceptors (Lipinski definition) is 4. The lowest BCUT2D eigenvalue weighted by atomic mass is 10.1. The number of rotatable bonds is 4. The predicted octanol–water partition coefficient (Wildman–Crippen LogP) is 3.98. The molecule has 0 saturated heterocycles. The van der Waals surface area contributed by atoms with Gasteiger partial charge in [-0.15, -0.1) is 0 Å². The van der Waals surface area contributed by atoms with Crippen LogP contribution in [-0.4, -0.2) is 22.4 Å². The number of benzene rings is 1. The molecule has 0 bridgehead atoms. The highest BCUT2D eigenvalue weighted by Crippen LogP contribution is 2.10. The van der Waals surface area contributed by atoms with Gasteiger partial charge in [0.15, 0.2) is 11.6 Å². The maximum Gasteiger partial charge on any atom is 0.151 e. The Morgan fingerprint density at radius 2 is 1.05 bits per heavy atom. The molecule has 2 heterocycles. The first-order valence-corrected chi connectivity index (χ1v) is 6.91. The van der Waals surface area contributed by atoms with Crippen molar-refractivity contribution in [2.45, 2.75) is 0 Å². The summed E-state index contributed by atoms with van der Waals surface area (Å²) in [6, 6.07) is 19.2. The average Bonchev–Trinajstić information content (AvgIpc) is 2.61. The fraction of sp³-hybridized carbons (Fsp3) is 0. The van der Waals surface area contributed by atoms with Crippen LogP contribution in [0.3, 0.4) is 0 Å². The van der Waals surface area contributed by atoms with Crippen LogP contribution in [0.25, 0.3) is 0 Å². The van der Waals surface area contributed by atoms with E-state index in [1.165, 1.54) is 0 Å². The Morgan fingerprint density at radius 3 is 1.45 bits per heavy atom. The molecule has 2 aromatic heterocycles. The smallest absolute Gasteiger partial charge is 0.151 e. The van der Waals surface area contributed by atoms with E-state index < -0.39 is 0 Å². The van der Waals surface area contributed by atoms with Gasteiger partial charge in [-0.2, -0.15) is 0 Å². The van der Waals surface area contributed by atoms with E-state index >= 15 is 0 Å². The van der Waals surface area contributed by atoms with Crippen molar-refractivity contribution in [3.05, 3.63) is 84.2 Å². The van der Waals surface area contributed by atoms with Crippen molar-refractivity contribution < 1.29 is 0 Å². The highest BCUT2D eigenvalue weighted by Gasteiger charge is 1.97. The molecule has 0 aliphatic rings. The molecule has 0 aliphatic carbocycles. The highest BCUT2D eigenvalue weighted by molar-refractivity contribution is 5.95. The highest BCUT2D eigenvalue weighted by atomic mass is 14.9. The summed E-state index contributed by atoms with van der Waals surface area (Å²) in [4.78, 5) is 17.1. The summed E-state index contributed by atoms with van der Waals surface area (Å²) in [7, 11) is 0. The normalized spacial score (nSPS) is 11.3. The third-order valence-electron chi connectivity index (χ3n) is 2.97. The molecule has 0 radical (unpaired) electrons. The zero-order chi connectivity index (χ0) is 15.0. The molecule has 0 saturated carbocycles. The van der Waals surface area contributed by atoms with Gasteiger partial charge < -0.3 is 0 Å². The first-order valence-electron chi connectivity index (χ1n) is 6.91. The summed E-state index contributed by atoms with van der Waals surface area (Å²) in [5.41, 5.74) is 1.96. The summed E-state index contributed by atoms with van der Waals surface area (Å²) in [6.45, 7) is 0. The zero-order valence-corrected chi connectivity index (χ0v) is 11.9. The second-order valence-corrected chi connectivity index (χ2v) is 4.52. The monoisotopic (exact) mass is 286 g/mol. The zero-order valence-electron chi connectivity index (χ0n) is 11.9. The largest absolute Gasteiger partial charge is 0.237 e. The van der Waals surface area contributed by atoms with Crippen LogP contribution in [0.1, 0.15) is 11.1 Å². The number of pyridine rings is 2. The molecule has 0 fully saturated rings. The van der Waals surface area contributed by atoms with E-state index in [-0.39, 0.29) is 0 Å². The molecule has 0 spiro atoms. The van der Waals surface area contributed by atoms with E-state index in [0.29, 0.717) is 11.6 Å². The van der Waals surface area contributed by atoms with Gasteiger partial charge in [0.25, 0.3) is 0 Å². The van der Waals surface area contributed by atoms with Crippen LogP contribution in [0.15, 0.2) is 83.0 Å². The molecule has 0 atom stereocenters. The quantitative estimate of drug-likeness (QED) is 0.681. The number of aliphatic imine (C=N–C) groups is 2. The summed E-state index contributed by atoms with van der Waals surface area (Å²) in [6.07, 6.45) is 7.03. The summed E-state index contributed by atoms with van der Waals surface area (Å²) in [5.74, 6) is 1.36. The van der Waals surface area contributed by atoms with Gasteiger partial charge in [0.1, 0.15) is 0 Å². The molecule has 0 unspecified atom stereocenters. The lowest BCUT2D eigenvalue weighted by Gasteiger charge is -1.99. The Bertz CT molecular complexity index is 712. The predicted molar refractivity (Wildman–Crippen MR) is 89.4 cm³/mol. The van der Waals surface area contributed by atoms with Gasteiger partial charge in [-0.1, -0.05) is 36.4 Å². The maximum atomic E-state index is 4.38. The third-order valence-corrected chi connectivity index (χ3v) is 2.97. The minimum Gasteiger partial charge on any atom is -0.237 e. The van der Waals surface area contributed by atoms with E-state index in [1.54, 1.807) is 24.8 Å².